The Kier molecular flexibility index (Phi) is 8.23. The van der Waals surface area contributed by atoms with Crippen molar-refractivity contribution in [2.24, 2.45) is 4.99 Å². The summed E-state index contributed by atoms with van der Waals surface area (Å²) in [5, 5.41) is 6.67. The molecule has 26 heavy (non-hydrogen) atoms. The van der Waals surface area contributed by atoms with Crippen molar-refractivity contribution in [1.82, 2.24) is 10.6 Å². The van der Waals surface area contributed by atoms with Gasteiger partial charge in [0.25, 0.3) is 0 Å². The molecule has 0 spiro atoms. The van der Waals surface area contributed by atoms with E-state index in [2.05, 4.69) is 34.3 Å². The highest BCUT2D eigenvalue weighted by Gasteiger charge is 2.06. The van der Waals surface area contributed by atoms with Crippen molar-refractivity contribution in [2.45, 2.75) is 19.7 Å². The number of guanidine groups is 1. The first-order valence-corrected chi connectivity index (χ1v) is 8.60. The minimum Gasteiger partial charge on any atom is -0.489 e. The van der Waals surface area contributed by atoms with Crippen LogP contribution in [0.4, 0.5) is 0 Å². The Hall–Kier alpha value is -2.79. The fourth-order valence-corrected chi connectivity index (χ4v) is 2.54. The molecule has 0 fully saturated rings. The summed E-state index contributed by atoms with van der Waals surface area (Å²) < 4.78 is 10.9. The summed E-state index contributed by atoms with van der Waals surface area (Å²) in [6.07, 6.45) is 1.74. The number of rotatable bonds is 9. The fourth-order valence-electron chi connectivity index (χ4n) is 2.54. The lowest BCUT2D eigenvalue weighted by Gasteiger charge is -2.15. The number of methoxy groups -OCH3 is 1. The summed E-state index contributed by atoms with van der Waals surface area (Å²) in [7, 11) is 3.47. The lowest BCUT2D eigenvalue weighted by Crippen LogP contribution is -2.36. The normalized spacial score (nSPS) is 11.1. The van der Waals surface area contributed by atoms with Gasteiger partial charge in [0.05, 0.1) is 6.61 Å². The largest absolute Gasteiger partial charge is 0.489 e. The molecule has 0 bridgehead atoms. The number of hydrogen-bond acceptors (Lipinski definition) is 3. The van der Waals surface area contributed by atoms with E-state index in [4.69, 9.17) is 9.47 Å². The van der Waals surface area contributed by atoms with Crippen LogP contribution in [0, 0.1) is 0 Å². The van der Waals surface area contributed by atoms with E-state index in [9.17, 15) is 0 Å². The predicted octanol–water partition coefficient (Wildman–Crippen LogP) is 3.26. The van der Waals surface area contributed by atoms with Crippen LogP contribution in [0.5, 0.6) is 5.75 Å². The average molecular weight is 353 g/mol. The predicted molar refractivity (Wildman–Crippen MR) is 106 cm³/mol. The van der Waals surface area contributed by atoms with Gasteiger partial charge in [0.2, 0.25) is 0 Å². The number of benzene rings is 2. The quantitative estimate of drug-likeness (QED) is 0.413. The molecule has 2 aromatic rings. The summed E-state index contributed by atoms with van der Waals surface area (Å²) >= 11 is 0. The average Bonchev–Trinajstić information content (AvgIpc) is 2.68. The number of aliphatic imine (C=N–C) groups is 1. The van der Waals surface area contributed by atoms with Gasteiger partial charge in [-0.25, -0.2) is 0 Å². The van der Waals surface area contributed by atoms with Crippen LogP contribution in [-0.4, -0.2) is 26.7 Å². The van der Waals surface area contributed by atoms with Gasteiger partial charge in [-0.05, 0) is 17.2 Å². The van der Waals surface area contributed by atoms with Gasteiger partial charge in [0.1, 0.15) is 12.4 Å². The minimum absolute atomic E-state index is 0.486. The Morgan fingerprint density at radius 2 is 1.62 bits per heavy atom. The Morgan fingerprint density at radius 1 is 1.00 bits per heavy atom. The van der Waals surface area contributed by atoms with Gasteiger partial charge < -0.3 is 20.1 Å². The van der Waals surface area contributed by atoms with Crippen molar-refractivity contribution in [3.8, 4) is 5.75 Å². The van der Waals surface area contributed by atoms with Crippen LogP contribution >= 0.6 is 0 Å². The maximum Gasteiger partial charge on any atom is 0.191 e. The Labute approximate surface area is 155 Å². The molecule has 0 radical (unpaired) electrons. The Balaban J connectivity index is 1.94. The van der Waals surface area contributed by atoms with Crippen LogP contribution in [0.1, 0.15) is 16.7 Å². The van der Waals surface area contributed by atoms with Gasteiger partial charge in [0, 0.05) is 32.8 Å². The summed E-state index contributed by atoms with van der Waals surface area (Å²) in [5.41, 5.74) is 3.42. The first kappa shape index (κ1) is 19.5. The monoisotopic (exact) mass is 353 g/mol. The molecule has 0 heterocycles. The molecule has 0 aliphatic carbocycles. The second-order valence-corrected chi connectivity index (χ2v) is 5.69. The lowest BCUT2D eigenvalue weighted by molar-refractivity contribution is 0.184. The highest BCUT2D eigenvalue weighted by Crippen LogP contribution is 2.17. The third kappa shape index (κ3) is 5.93. The van der Waals surface area contributed by atoms with Gasteiger partial charge in [-0.3, -0.25) is 4.99 Å². The number of nitrogens with zero attached hydrogens (tertiary/aromatic N) is 1. The first-order chi connectivity index (χ1) is 12.8. The van der Waals surface area contributed by atoms with E-state index in [0.717, 1.165) is 17.3 Å². The molecular formula is C21H27N3O2. The molecule has 0 aromatic heterocycles. The van der Waals surface area contributed by atoms with Crippen molar-refractivity contribution < 1.29 is 9.47 Å². The maximum atomic E-state index is 5.69. The Morgan fingerprint density at radius 3 is 2.27 bits per heavy atom. The van der Waals surface area contributed by atoms with Crippen molar-refractivity contribution >= 4 is 5.96 Å². The standard InChI is InChI=1S/C21H27N3O2/c1-4-13-26-20-12-8-7-10-18(20)15-24-21(22-2)23-14-17-9-5-6-11-19(17)16-25-3/h4-12H,1,13-16H2,2-3H3,(H2,22,23,24). The fraction of sp³-hybridized carbons (Fsp3) is 0.286. The molecular weight excluding hydrogens is 326 g/mol. The van der Waals surface area contributed by atoms with Crippen LogP contribution in [0.2, 0.25) is 0 Å². The van der Waals surface area contributed by atoms with Gasteiger partial charge in [-0.2, -0.15) is 0 Å². The summed E-state index contributed by atoms with van der Waals surface area (Å²) in [6.45, 7) is 6.06. The van der Waals surface area contributed by atoms with Gasteiger partial charge in [-0.1, -0.05) is 55.1 Å². The number of hydrogen-bond donors (Lipinski definition) is 2. The van der Waals surface area contributed by atoms with Crippen LogP contribution in [0.3, 0.4) is 0 Å². The summed E-state index contributed by atoms with van der Waals surface area (Å²) in [4.78, 5) is 4.29. The van der Waals surface area contributed by atoms with E-state index in [1.165, 1.54) is 11.1 Å². The van der Waals surface area contributed by atoms with Crippen molar-refractivity contribution in [3.63, 3.8) is 0 Å². The minimum atomic E-state index is 0.486. The first-order valence-electron chi connectivity index (χ1n) is 8.60. The molecule has 0 saturated carbocycles. The molecule has 0 unspecified atom stereocenters. The zero-order chi connectivity index (χ0) is 18.6. The van der Waals surface area contributed by atoms with Crippen molar-refractivity contribution in [3.05, 3.63) is 77.9 Å². The zero-order valence-corrected chi connectivity index (χ0v) is 15.5. The van der Waals surface area contributed by atoms with Crippen LogP contribution in [0.15, 0.2) is 66.2 Å². The van der Waals surface area contributed by atoms with E-state index < -0.39 is 0 Å². The zero-order valence-electron chi connectivity index (χ0n) is 15.5. The van der Waals surface area contributed by atoms with Crippen molar-refractivity contribution in [2.75, 3.05) is 20.8 Å². The number of para-hydroxylation sites is 1. The van der Waals surface area contributed by atoms with Gasteiger partial charge in [0.15, 0.2) is 5.96 Å². The molecule has 2 rings (SSSR count). The third-order valence-electron chi connectivity index (χ3n) is 3.86. The molecule has 2 aromatic carbocycles. The van der Waals surface area contributed by atoms with E-state index in [1.807, 2.05) is 36.4 Å². The van der Waals surface area contributed by atoms with Crippen LogP contribution in [0.25, 0.3) is 0 Å². The van der Waals surface area contributed by atoms with E-state index in [0.29, 0.717) is 26.3 Å². The van der Waals surface area contributed by atoms with Crippen LogP contribution in [-0.2, 0) is 24.4 Å². The topological polar surface area (TPSA) is 54.9 Å². The smallest absolute Gasteiger partial charge is 0.191 e. The molecule has 5 nitrogen and oxygen atoms in total. The molecule has 0 aliphatic rings. The highest BCUT2D eigenvalue weighted by molar-refractivity contribution is 5.79. The second-order valence-electron chi connectivity index (χ2n) is 5.69. The maximum absolute atomic E-state index is 5.69. The molecule has 0 aliphatic heterocycles. The molecule has 0 saturated heterocycles. The summed E-state index contributed by atoms with van der Waals surface area (Å²) in [5.74, 6) is 1.58. The van der Waals surface area contributed by atoms with Crippen molar-refractivity contribution in [1.29, 1.82) is 0 Å². The molecule has 0 atom stereocenters. The lowest BCUT2D eigenvalue weighted by atomic mass is 10.1. The van der Waals surface area contributed by atoms with Crippen LogP contribution < -0.4 is 15.4 Å². The van der Waals surface area contributed by atoms with E-state index >= 15 is 0 Å². The molecule has 0 amide bonds. The molecule has 138 valence electrons. The number of ether oxygens (including phenoxy) is 2. The van der Waals surface area contributed by atoms with E-state index in [-0.39, 0.29) is 0 Å². The van der Waals surface area contributed by atoms with Gasteiger partial charge in [-0.15, -0.1) is 0 Å². The molecule has 2 N–H and O–H groups in total. The van der Waals surface area contributed by atoms with E-state index in [1.54, 1.807) is 20.2 Å². The number of nitrogens with one attached hydrogen (secondary N) is 2. The molecule has 5 heteroatoms. The van der Waals surface area contributed by atoms with Gasteiger partial charge >= 0.3 is 0 Å². The third-order valence-corrected chi connectivity index (χ3v) is 3.86. The second kappa shape index (κ2) is 10.9. The Bertz CT molecular complexity index is 729. The highest BCUT2D eigenvalue weighted by atomic mass is 16.5. The SMILES string of the molecule is C=CCOc1ccccc1CNC(=NC)NCc1ccccc1COC. The summed E-state index contributed by atoms with van der Waals surface area (Å²) in [6, 6.07) is 16.2.